The van der Waals surface area contributed by atoms with E-state index in [0.29, 0.717) is 6.61 Å². The zero-order valence-corrected chi connectivity index (χ0v) is 8.24. The predicted molar refractivity (Wildman–Crippen MR) is 50.5 cm³/mol. The maximum Gasteiger partial charge on any atom is 0.330 e. The third kappa shape index (κ3) is 8.59. The van der Waals surface area contributed by atoms with Crippen molar-refractivity contribution in [2.75, 3.05) is 13.2 Å². The minimum absolute atomic E-state index is 0.282. The molecule has 0 unspecified atom stereocenters. The molecule has 0 aliphatic rings. The van der Waals surface area contributed by atoms with Crippen molar-refractivity contribution in [1.82, 2.24) is 0 Å². The molecule has 0 rings (SSSR count). The molecule has 0 saturated heterocycles. The number of hydrogen-bond acceptors (Lipinski definition) is 4. The largest absolute Gasteiger partial charge is 0.463 e. The van der Waals surface area contributed by atoms with Crippen molar-refractivity contribution in [2.24, 2.45) is 5.16 Å². The van der Waals surface area contributed by atoms with Crippen LogP contribution < -0.4 is 0 Å². The molecule has 13 heavy (non-hydrogen) atoms. The fourth-order valence-corrected chi connectivity index (χ4v) is 0.544. The van der Waals surface area contributed by atoms with Gasteiger partial charge in [0.05, 0.1) is 12.3 Å². The molecule has 0 fully saturated rings. The van der Waals surface area contributed by atoms with Gasteiger partial charge in [-0.25, -0.2) is 4.79 Å². The van der Waals surface area contributed by atoms with Gasteiger partial charge in [-0.1, -0.05) is 5.16 Å². The first kappa shape index (κ1) is 11.7. The van der Waals surface area contributed by atoms with Gasteiger partial charge in [0.25, 0.3) is 0 Å². The quantitative estimate of drug-likeness (QED) is 0.214. The topological polar surface area (TPSA) is 47.9 Å². The van der Waals surface area contributed by atoms with Crippen molar-refractivity contribution in [3.63, 3.8) is 0 Å². The molecule has 0 aromatic carbocycles. The van der Waals surface area contributed by atoms with E-state index in [1.807, 2.05) is 13.8 Å². The molecule has 0 aromatic heterocycles. The molecule has 4 nitrogen and oxygen atoms in total. The third-order valence-corrected chi connectivity index (χ3v) is 0.958. The standard InChI is InChI=1S/C9H15NO3/c1-4-12-9(11)6-5-7-13-10-8(2)3/h5-6H,4,7H2,1-3H3/b6-5+. The molecule has 0 atom stereocenters. The van der Waals surface area contributed by atoms with E-state index in [9.17, 15) is 4.79 Å². The Morgan fingerprint density at radius 1 is 1.46 bits per heavy atom. The summed E-state index contributed by atoms with van der Waals surface area (Å²) in [4.78, 5) is 15.6. The molecular formula is C9H15NO3. The van der Waals surface area contributed by atoms with Gasteiger partial charge in [-0.2, -0.15) is 0 Å². The molecule has 0 aliphatic heterocycles. The molecular weight excluding hydrogens is 170 g/mol. The Morgan fingerprint density at radius 2 is 2.15 bits per heavy atom. The Labute approximate surface area is 78.2 Å². The van der Waals surface area contributed by atoms with E-state index in [1.54, 1.807) is 13.0 Å². The van der Waals surface area contributed by atoms with Crippen LogP contribution in [0.25, 0.3) is 0 Å². The van der Waals surface area contributed by atoms with Gasteiger partial charge < -0.3 is 9.57 Å². The number of rotatable bonds is 5. The minimum atomic E-state index is -0.358. The second kappa shape index (κ2) is 7.34. The van der Waals surface area contributed by atoms with E-state index in [0.717, 1.165) is 5.71 Å². The zero-order chi connectivity index (χ0) is 10.1. The molecule has 0 bridgehead atoms. The van der Waals surface area contributed by atoms with Crippen LogP contribution in [0.1, 0.15) is 20.8 Å². The van der Waals surface area contributed by atoms with Crippen LogP contribution in [-0.2, 0) is 14.4 Å². The summed E-state index contributed by atoms with van der Waals surface area (Å²) in [6, 6.07) is 0. The fourth-order valence-electron chi connectivity index (χ4n) is 0.544. The van der Waals surface area contributed by atoms with E-state index in [4.69, 9.17) is 4.84 Å². The highest BCUT2D eigenvalue weighted by Crippen LogP contribution is 1.84. The lowest BCUT2D eigenvalue weighted by molar-refractivity contribution is -0.137. The number of carbonyl (C=O) groups is 1. The number of carbonyl (C=O) groups excluding carboxylic acids is 1. The van der Waals surface area contributed by atoms with Gasteiger partial charge in [-0.15, -0.1) is 0 Å². The molecule has 0 heterocycles. The van der Waals surface area contributed by atoms with Crippen molar-refractivity contribution < 1.29 is 14.4 Å². The first-order chi connectivity index (χ1) is 6.16. The van der Waals surface area contributed by atoms with Gasteiger partial charge in [-0.05, 0) is 26.8 Å². The average molecular weight is 185 g/mol. The van der Waals surface area contributed by atoms with Gasteiger partial charge >= 0.3 is 5.97 Å². The van der Waals surface area contributed by atoms with Crippen molar-refractivity contribution in [2.45, 2.75) is 20.8 Å². The molecule has 4 heteroatoms. The van der Waals surface area contributed by atoms with Crippen LogP contribution in [0.3, 0.4) is 0 Å². The molecule has 0 aliphatic carbocycles. The van der Waals surface area contributed by atoms with Gasteiger partial charge in [0.15, 0.2) is 0 Å². The summed E-state index contributed by atoms with van der Waals surface area (Å²) < 4.78 is 4.65. The average Bonchev–Trinajstić information content (AvgIpc) is 2.03. The van der Waals surface area contributed by atoms with Gasteiger partial charge in [0, 0.05) is 6.08 Å². The van der Waals surface area contributed by atoms with Crippen LogP contribution in [0, 0.1) is 0 Å². The fraction of sp³-hybridized carbons (Fsp3) is 0.556. The summed E-state index contributed by atoms with van der Waals surface area (Å²) in [5, 5.41) is 3.68. The summed E-state index contributed by atoms with van der Waals surface area (Å²) in [6.07, 6.45) is 2.88. The maximum atomic E-state index is 10.7. The second-order valence-electron chi connectivity index (χ2n) is 2.49. The molecule has 0 N–H and O–H groups in total. The normalized spacial score (nSPS) is 9.77. The number of oxime groups is 1. The van der Waals surface area contributed by atoms with Crippen LogP contribution in [0.15, 0.2) is 17.3 Å². The third-order valence-electron chi connectivity index (χ3n) is 0.958. The smallest absolute Gasteiger partial charge is 0.330 e. The monoisotopic (exact) mass is 185 g/mol. The summed E-state index contributed by atoms with van der Waals surface area (Å²) in [6.45, 7) is 6.08. The second-order valence-corrected chi connectivity index (χ2v) is 2.49. The van der Waals surface area contributed by atoms with Gasteiger partial charge in [0.2, 0.25) is 0 Å². The Bertz CT molecular complexity index is 205. The first-order valence-electron chi connectivity index (χ1n) is 4.13. The van der Waals surface area contributed by atoms with Gasteiger partial charge in [-0.3, -0.25) is 0 Å². The molecule has 0 radical (unpaired) electrons. The van der Waals surface area contributed by atoms with E-state index >= 15 is 0 Å². The van der Waals surface area contributed by atoms with Crippen molar-refractivity contribution in [3.8, 4) is 0 Å². The molecule has 0 saturated carbocycles. The van der Waals surface area contributed by atoms with E-state index in [2.05, 4.69) is 9.89 Å². The Kier molecular flexibility index (Phi) is 6.59. The summed E-state index contributed by atoms with van der Waals surface area (Å²) in [7, 11) is 0. The number of hydrogen-bond donors (Lipinski definition) is 0. The Balaban J connectivity index is 3.52. The van der Waals surface area contributed by atoms with Gasteiger partial charge in [0.1, 0.15) is 6.61 Å². The number of ether oxygens (including phenoxy) is 1. The highest BCUT2D eigenvalue weighted by Gasteiger charge is 1.91. The lowest BCUT2D eigenvalue weighted by atomic mass is 10.5. The summed E-state index contributed by atoms with van der Waals surface area (Å²) in [5.41, 5.74) is 0.838. The van der Waals surface area contributed by atoms with Crippen molar-refractivity contribution in [3.05, 3.63) is 12.2 Å². The maximum absolute atomic E-state index is 10.7. The molecule has 74 valence electrons. The summed E-state index contributed by atoms with van der Waals surface area (Å²) >= 11 is 0. The highest BCUT2D eigenvalue weighted by atomic mass is 16.6. The van der Waals surface area contributed by atoms with Crippen LogP contribution in [0.2, 0.25) is 0 Å². The van der Waals surface area contributed by atoms with Crippen molar-refractivity contribution in [1.29, 1.82) is 0 Å². The SMILES string of the molecule is CCOC(=O)/C=C/CON=C(C)C. The molecule has 0 amide bonds. The Morgan fingerprint density at radius 3 is 2.69 bits per heavy atom. The number of esters is 1. The Hall–Kier alpha value is -1.32. The summed E-state index contributed by atoms with van der Waals surface area (Å²) in [5.74, 6) is -0.358. The molecule has 0 aromatic rings. The van der Waals surface area contributed by atoms with Crippen LogP contribution in [-0.4, -0.2) is 24.9 Å². The predicted octanol–water partition coefficient (Wildman–Crippen LogP) is 1.52. The highest BCUT2D eigenvalue weighted by molar-refractivity contribution is 5.81. The molecule has 0 spiro atoms. The minimum Gasteiger partial charge on any atom is -0.463 e. The first-order valence-corrected chi connectivity index (χ1v) is 4.13. The lowest BCUT2D eigenvalue weighted by Gasteiger charge is -1.95. The lowest BCUT2D eigenvalue weighted by Crippen LogP contribution is -1.99. The van der Waals surface area contributed by atoms with Crippen LogP contribution in [0.4, 0.5) is 0 Å². The number of nitrogens with zero attached hydrogens (tertiary/aromatic N) is 1. The van der Waals surface area contributed by atoms with Crippen LogP contribution >= 0.6 is 0 Å². The van der Waals surface area contributed by atoms with E-state index in [1.165, 1.54) is 6.08 Å². The van der Waals surface area contributed by atoms with Crippen molar-refractivity contribution >= 4 is 11.7 Å². The van der Waals surface area contributed by atoms with E-state index in [-0.39, 0.29) is 12.6 Å². The van der Waals surface area contributed by atoms with Crippen LogP contribution in [0.5, 0.6) is 0 Å². The zero-order valence-electron chi connectivity index (χ0n) is 8.24. The van der Waals surface area contributed by atoms with E-state index < -0.39 is 0 Å².